The summed E-state index contributed by atoms with van der Waals surface area (Å²) in [5.74, 6) is 0. The van der Waals surface area contributed by atoms with Gasteiger partial charge in [0.2, 0.25) is 0 Å². The summed E-state index contributed by atoms with van der Waals surface area (Å²) in [5.41, 5.74) is 3.85. The highest BCUT2D eigenvalue weighted by atomic mass is 79.9. The first-order chi connectivity index (χ1) is 8.20. The molecule has 1 atom stereocenters. The lowest BCUT2D eigenvalue weighted by Gasteiger charge is -2.17. The molecule has 1 nitrogen and oxygen atoms in total. The Bertz CT molecular complexity index is 491. The van der Waals surface area contributed by atoms with Crippen LogP contribution in [-0.4, -0.2) is 7.05 Å². The van der Waals surface area contributed by atoms with E-state index in [9.17, 15) is 0 Å². The topological polar surface area (TPSA) is 12.0 Å². The van der Waals surface area contributed by atoms with Crippen molar-refractivity contribution in [3.63, 3.8) is 0 Å². The van der Waals surface area contributed by atoms with Crippen molar-refractivity contribution in [1.82, 2.24) is 5.32 Å². The fraction of sp³-hybridized carbons (Fsp3) is 0.200. The monoisotopic (exact) mass is 289 g/mol. The molecule has 0 aliphatic carbocycles. The molecule has 17 heavy (non-hydrogen) atoms. The molecule has 2 aromatic rings. The lowest BCUT2D eigenvalue weighted by Crippen LogP contribution is -2.17. The van der Waals surface area contributed by atoms with E-state index in [0.717, 1.165) is 4.47 Å². The normalized spacial score (nSPS) is 12.4. The second kappa shape index (κ2) is 5.48. The Balaban J connectivity index is 2.36. The second-order valence-electron chi connectivity index (χ2n) is 4.19. The Morgan fingerprint density at radius 2 is 1.71 bits per heavy atom. The number of hydrogen-bond acceptors (Lipinski definition) is 1. The highest BCUT2D eigenvalue weighted by Gasteiger charge is 2.11. The molecule has 0 saturated carbocycles. The summed E-state index contributed by atoms with van der Waals surface area (Å²) >= 11 is 3.52. The van der Waals surface area contributed by atoms with E-state index < -0.39 is 0 Å². The molecule has 0 aromatic heterocycles. The van der Waals surface area contributed by atoms with Gasteiger partial charge in [0.25, 0.3) is 0 Å². The first kappa shape index (κ1) is 12.3. The van der Waals surface area contributed by atoms with E-state index in [1.54, 1.807) is 0 Å². The number of rotatable bonds is 3. The van der Waals surface area contributed by atoms with E-state index in [0.29, 0.717) is 0 Å². The van der Waals surface area contributed by atoms with Crippen LogP contribution in [0.4, 0.5) is 0 Å². The smallest absolute Gasteiger partial charge is 0.0574 e. The number of aryl methyl sites for hydroxylation is 1. The highest BCUT2D eigenvalue weighted by molar-refractivity contribution is 9.10. The van der Waals surface area contributed by atoms with Crippen LogP contribution in [0.2, 0.25) is 0 Å². The molecule has 0 saturated heterocycles. The van der Waals surface area contributed by atoms with Gasteiger partial charge in [-0.15, -0.1) is 0 Å². The zero-order valence-corrected chi connectivity index (χ0v) is 11.7. The van der Waals surface area contributed by atoms with Crippen LogP contribution < -0.4 is 5.32 Å². The number of halogens is 1. The SMILES string of the molecule is CNC(c1ccc(C)cc1)c1cccc(Br)c1. The van der Waals surface area contributed by atoms with Gasteiger partial charge >= 0.3 is 0 Å². The van der Waals surface area contributed by atoms with Crippen LogP contribution in [0.1, 0.15) is 22.7 Å². The third-order valence-corrected chi connectivity index (χ3v) is 3.37. The maximum absolute atomic E-state index is 3.52. The van der Waals surface area contributed by atoms with Gasteiger partial charge in [0, 0.05) is 4.47 Å². The largest absolute Gasteiger partial charge is 0.309 e. The van der Waals surface area contributed by atoms with Crippen molar-refractivity contribution in [3.8, 4) is 0 Å². The molecule has 0 spiro atoms. The van der Waals surface area contributed by atoms with Gasteiger partial charge in [-0.2, -0.15) is 0 Å². The number of nitrogens with one attached hydrogen (secondary N) is 1. The van der Waals surface area contributed by atoms with Gasteiger partial charge in [-0.1, -0.05) is 57.9 Å². The first-order valence-electron chi connectivity index (χ1n) is 5.70. The molecule has 88 valence electrons. The molecule has 0 aliphatic heterocycles. The van der Waals surface area contributed by atoms with Crippen LogP contribution in [0, 0.1) is 6.92 Å². The van der Waals surface area contributed by atoms with Crippen LogP contribution >= 0.6 is 15.9 Å². The standard InChI is InChI=1S/C15H16BrN/c1-11-6-8-12(9-7-11)15(17-2)13-4-3-5-14(16)10-13/h3-10,15,17H,1-2H3. The van der Waals surface area contributed by atoms with Crippen LogP contribution in [0.25, 0.3) is 0 Å². The van der Waals surface area contributed by atoms with Crippen molar-refractivity contribution in [2.45, 2.75) is 13.0 Å². The van der Waals surface area contributed by atoms with Crippen LogP contribution in [-0.2, 0) is 0 Å². The molecule has 1 unspecified atom stereocenters. The molecule has 1 N–H and O–H groups in total. The fourth-order valence-corrected chi connectivity index (χ4v) is 2.39. The summed E-state index contributed by atoms with van der Waals surface area (Å²) in [6, 6.07) is 17.3. The van der Waals surface area contributed by atoms with Crippen molar-refractivity contribution in [1.29, 1.82) is 0 Å². The molecular weight excluding hydrogens is 274 g/mol. The van der Waals surface area contributed by atoms with Gasteiger partial charge in [0.1, 0.15) is 0 Å². The summed E-state index contributed by atoms with van der Waals surface area (Å²) in [4.78, 5) is 0. The lowest BCUT2D eigenvalue weighted by molar-refractivity contribution is 0.691. The van der Waals surface area contributed by atoms with Crippen LogP contribution in [0.15, 0.2) is 53.0 Å². The third kappa shape index (κ3) is 2.96. The average molecular weight is 290 g/mol. The van der Waals surface area contributed by atoms with Gasteiger partial charge in [-0.05, 0) is 37.2 Å². The molecule has 2 aromatic carbocycles. The van der Waals surface area contributed by atoms with E-state index in [4.69, 9.17) is 0 Å². The van der Waals surface area contributed by atoms with E-state index in [-0.39, 0.29) is 6.04 Å². The summed E-state index contributed by atoms with van der Waals surface area (Å²) in [7, 11) is 1.99. The van der Waals surface area contributed by atoms with Crippen molar-refractivity contribution in [2.75, 3.05) is 7.05 Å². The van der Waals surface area contributed by atoms with Gasteiger partial charge in [-0.25, -0.2) is 0 Å². The zero-order valence-electron chi connectivity index (χ0n) is 10.1. The second-order valence-corrected chi connectivity index (χ2v) is 5.10. The zero-order chi connectivity index (χ0) is 12.3. The van der Waals surface area contributed by atoms with E-state index in [2.05, 4.69) is 70.6 Å². The van der Waals surface area contributed by atoms with Gasteiger partial charge in [0.15, 0.2) is 0 Å². The Labute approximate surface area is 111 Å². The Morgan fingerprint density at radius 3 is 2.29 bits per heavy atom. The van der Waals surface area contributed by atoms with Gasteiger partial charge in [0.05, 0.1) is 6.04 Å². The van der Waals surface area contributed by atoms with Crippen molar-refractivity contribution < 1.29 is 0 Å². The molecule has 2 heteroatoms. The van der Waals surface area contributed by atoms with Crippen molar-refractivity contribution in [2.24, 2.45) is 0 Å². The predicted octanol–water partition coefficient (Wildman–Crippen LogP) is 4.07. The molecular formula is C15H16BrN. The minimum Gasteiger partial charge on any atom is -0.309 e. The Hall–Kier alpha value is -1.12. The average Bonchev–Trinajstić information content (AvgIpc) is 2.33. The lowest BCUT2D eigenvalue weighted by atomic mass is 9.98. The predicted molar refractivity (Wildman–Crippen MR) is 76.2 cm³/mol. The number of benzene rings is 2. The van der Waals surface area contributed by atoms with E-state index in [1.807, 2.05) is 13.1 Å². The minimum atomic E-state index is 0.244. The number of hydrogen-bond donors (Lipinski definition) is 1. The first-order valence-corrected chi connectivity index (χ1v) is 6.49. The summed E-state index contributed by atoms with van der Waals surface area (Å²) in [6.45, 7) is 2.11. The van der Waals surface area contributed by atoms with Crippen molar-refractivity contribution >= 4 is 15.9 Å². The maximum atomic E-state index is 3.52. The molecule has 0 aliphatic rings. The summed E-state index contributed by atoms with van der Waals surface area (Å²) in [5, 5.41) is 3.36. The summed E-state index contributed by atoms with van der Waals surface area (Å²) < 4.78 is 1.11. The van der Waals surface area contributed by atoms with Gasteiger partial charge in [-0.3, -0.25) is 0 Å². The molecule has 0 bridgehead atoms. The minimum absolute atomic E-state index is 0.244. The maximum Gasteiger partial charge on any atom is 0.0574 e. The molecule has 0 heterocycles. The van der Waals surface area contributed by atoms with Crippen LogP contribution in [0.3, 0.4) is 0 Å². The molecule has 0 radical (unpaired) electrons. The fourth-order valence-electron chi connectivity index (χ4n) is 1.97. The summed E-state index contributed by atoms with van der Waals surface area (Å²) in [6.07, 6.45) is 0. The van der Waals surface area contributed by atoms with Crippen molar-refractivity contribution in [3.05, 3.63) is 69.7 Å². The highest BCUT2D eigenvalue weighted by Crippen LogP contribution is 2.24. The molecule has 0 amide bonds. The van der Waals surface area contributed by atoms with E-state index >= 15 is 0 Å². The quantitative estimate of drug-likeness (QED) is 0.898. The third-order valence-electron chi connectivity index (χ3n) is 2.88. The Morgan fingerprint density at radius 1 is 1.00 bits per heavy atom. The molecule has 0 fully saturated rings. The molecule has 2 rings (SSSR count). The van der Waals surface area contributed by atoms with Gasteiger partial charge < -0.3 is 5.32 Å². The Kier molecular flexibility index (Phi) is 3.97. The van der Waals surface area contributed by atoms with Crippen LogP contribution in [0.5, 0.6) is 0 Å². The van der Waals surface area contributed by atoms with E-state index in [1.165, 1.54) is 16.7 Å².